The largest absolute Gasteiger partial charge is 0.398 e. The number of amides is 1. The van der Waals surface area contributed by atoms with Gasteiger partial charge in [-0.05, 0) is 18.1 Å². The van der Waals surface area contributed by atoms with Gasteiger partial charge in [0.05, 0.1) is 0 Å². The maximum atomic E-state index is 12.0. The first-order chi connectivity index (χ1) is 9.15. The number of nitrogen functional groups attached to an aromatic ring is 1. The van der Waals surface area contributed by atoms with E-state index in [4.69, 9.17) is 5.73 Å². The van der Waals surface area contributed by atoms with E-state index in [1.807, 2.05) is 31.3 Å². The third-order valence-electron chi connectivity index (χ3n) is 3.38. The van der Waals surface area contributed by atoms with Crippen LogP contribution in [0.4, 0.5) is 5.69 Å². The van der Waals surface area contributed by atoms with Gasteiger partial charge in [-0.1, -0.05) is 50.8 Å². The minimum absolute atomic E-state index is 0.208. The normalized spacial score (nSPS) is 10.4. The van der Waals surface area contributed by atoms with Gasteiger partial charge in [-0.2, -0.15) is 0 Å². The maximum absolute atomic E-state index is 12.0. The number of hydrogen-bond donors (Lipinski definition) is 1. The van der Waals surface area contributed by atoms with E-state index in [2.05, 4.69) is 6.92 Å². The van der Waals surface area contributed by atoms with Crippen LogP contribution in [0.25, 0.3) is 0 Å². The molecule has 2 N–H and O–H groups in total. The van der Waals surface area contributed by atoms with Gasteiger partial charge in [0, 0.05) is 25.7 Å². The molecule has 0 bridgehead atoms. The second-order valence-electron chi connectivity index (χ2n) is 5.11. The number of unbranched alkanes of at least 4 members (excludes halogenated alkanes) is 4. The van der Waals surface area contributed by atoms with Crippen molar-refractivity contribution in [2.45, 2.75) is 52.0 Å². The third kappa shape index (κ3) is 5.77. The highest BCUT2D eigenvalue weighted by Crippen LogP contribution is 2.14. The average molecular weight is 262 g/mol. The van der Waals surface area contributed by atoms with E-state index in [0.29, 0.717) is 13.0 Å². The molecule has 3 nitrogen and oxygen atoms in total. The zero-order chi connectivity index (χ0) is 14.1. The van der Waals surface area contributed by atoms with Gasteiger partial charge < -0.3 is 10.6 Å². The number of anilines is 1. The lowest BCUT2D eigenvalue weighted by atomic mass is 10.1. The SMILES string of the molecule is CCCCCCCC(=O)N(C)Cc1ccccc1N. The molecule has 0 heterocycles. The molecule has 106 valence electrons. The molecule has 19 heavy (non-hydrogen) atoms. The molecule has 0 spiro atoms. The molecule has 0 aromatic heterocycles. The highest BCUT2D eigenvalue weighted by Gasteiger charge is 2.09. The summed E-state index contributed by atoms with van der Waals surface area (Å²) < 4.78 is 0. The summed E-state index contributed by atoms with van der Waals surface area (Å²) in [6, 6.07) is 7.71. The van der Waals surface area contributed by atoms with Crippen molar-refractivity contribution in [1.29, 1.82) is 0 Å². The van der Waals surface area contributed by atoms with Crippen LogP contribution in [0, 0.1) is 0 Å². The summed E-state index contributed by atoms with van der Waals surface area (Å²) in [7, 11) is 1.85. The van der Waals surface area contributed by atoms with Crippen LogP contribution in [0.1, 0.15) is 51.0 Å². The van der Waals surface area contributed by atoms with Gasteiger partial charge in [0.25, 0.3) is 0 Å². The standard InChI is InChI=1S/C16H26N2O/c1-3-4-5-6-7-12-16(19)18(2)13-14-10-8-9-11-15(14)17/h8-11H,3-7,12-13,17H2,1-2H3. The molecular weight excluding hydrogens is 236 g/mol. The van der Waals surface area contributed by atoms with E-state index in [-0.39, 0.29) is 5.91 Å². The van der Waals surface area contributed by atoms with E-state index in [1.54, 1.807) is 4.90 Å². The van der Waals surface area contributed by atoms with Crippen molar-refractivity contribution >= 4 is 11.6 Å². The molecule has 0 atom stereocenters. The third-order valence-corrected chi connectivity index (χ3v) is 3.38. The quantitative estimate of drug-likeness (QED) is 0.575. The number of carbonyl (C=O) groups is 1. The highest BCUT2D eigenvalue weighted by molar-refractivity contribution is 5.76. The van der Waals surface area contributed by atoms with E-state index < -0.39 is 0 Å². The second kappa shape index (κ2) is 8.57. The van der Waals surface area contributed by atoms with Gasteiger partial charge >= 0.3 is 0 Å². The Hall–Kier alpha value is -1.51. The van der Waals surface area contributed by atoms with Crippen LogP contribution in [-0.4, -0.2) is 17.9 Å². The van der Waals surface area contributed by atoms with Crippen molar-refractivity contribution in [1.82, 2.24) is 4.90 Å². The van der Waals surface area contributed by atoms with Crippen molar-refractivity contribution in [3.05, 3.63) is 29.8 Å². The molecule has 0 aliphatic rings. The van der Waals surface area contributed by atoms with Gasteiger partial charge in [0.15, 0.2) is 0 Å². The van der Waals surface area contributed by atoms with E-state index >= 15 is 0 Å². The summed E-state index contributed by atoms with van der Waals surface area (Å²) in [5.74, 6) is 0.208. The van der Waals surface area contributed by atoms with Crippen molar-refractivity contribution in [2.24, 2.45) is 0 Å². The monoisotopic (exact) mass is 262 g/mol. The van der Waals surface area contributed by atoms with Crippen LogP contribution in [0.5, 0.6) is 0 Å². The van der Waals surface area contributed by atoms with Crippen LogP contribution >= 0.6 is 0 Å². The molecule has 1 rings (SSSR count). The Balaban J connectivity index is 2.31. The number of nitrogens with zero attached hydrogens (tertiary/aromatic N) is 1. The van der Waals surface area contributed by atoms with E-state index in [0.717, 1.165) is 24.1 Å². The Bertz CT molecular complexity index is 390. The summed E-state index contributed by atoms with van der Waals surface area (Å²) in [5, 5.41) is 0. The molecule has 1 amide bonds. The summed E-state index contributed by atoms with van der Waals surface area (Å²) in [4.78, 5) is 13.7. The van der Waals surface area contributed by atoms with Crippen molar-refractivity contribution < 1.29 is 4.79 Å². The maximum Gasteiger partial charge on any atom is 0.222 e. The van der Waals surface area contributed by atoms with Crippen molar-refractivity contribution in [3.63, 3.8) is 0 Å². The van der Waals surface area contributed by atoms with Gasteiger partial charge in [-0.3, -0.25) is 4.79 Å². The first-order valence-corrected chi connectivity index (χ1v) is 7.22. The minimum Gasteiger partial charge on any atom is -0.398 e. The fourth-order valence-corrected chi connectivity index (χ4v) is 2.09. The molecule has 1 aromatic carbocycles. The molecule has 0 radical (unpaired) electrons. The lowest BCUT2D eigenvalue weighted by Crippen LogP contribution is -2.26. The molecule has 0 unspecified atom stereocenters. The Kier molecular flexibility index (Phi) is 7.01. The second-order valence-corrected chi connectivity index (χ2v) is 5.11. The van der Waals surface area contributed by atoms with E-state index in [1.165, 1.54) is 19.3 Å². The van der Waals surface area contributed by atoms with Gasteiger partial charge in [0.2, 0.25) is 5.91 Å². The molecular formula is C16H26N2O. The molecule has 0 saturated carbocycles. The Morgan fingerprint density at radius 1 is 1.16 bits per heavy atom. The average Bonchev–Trinajstić information content (AvgIpc) is 2.41. The zero-order valence-corrected chi connectivity index (χ0v) is 12.2. The predicted molar refractivity (Wildman–Crippen MR) is 80.7 cm³/mol. The number of rotatable bonds is 8. The Morgan fingerprint density at radius 2 is 1.84 bits per heavy atom. The number of nitrogens with two attached hydrogens (primary N) is 1. The summed E-state index contributed by atoms with van der Waals surface area (Å²) in [6.45, 7) is 2.80. The molecule has 1 aromatic rings. The molecule has 3 heteroatoms. The highest BCUT2D eigenvalue weighted by atomic mass is 16.2. The van der Waals surface area contributed by atoms with E-state index in [9.17, 15) is 4.79 Å². The predicted octanol–water partition coefficient (Wildman–Crippen LogP) is 3.59. The fourth-order valence-electron chi connectivity index (χ4n) is 2.09. The molecule has 0 aliphatic carbocycles. The lowest BCUT2D eigenvalue weighted by molar-refractivity contribution is -0.130. The first kappa shape index (κ1) is 15.5. The number of hydrogen-bond acceptors (Lipinski definition) is 2. The smallest absolute Gasteiger partial charge is 0.222 e. The summed E-state index contributed by atoms with van der Waals surface area (Å²) in [6.07, 6.45) is 6.53. The van der Waals surface area contributed by atoms with Crippen LogP contribution in [0.15, 0.2) is 24.3 Å². The van der Waals surface area contributed by atoms with Crippen molar-refractivity contribution in [3.8, 4) is 0 Å². The topological polar surface area (TPSA) is 46.3 Å². The van der Waals surface area contributed by atoms with Crippen LogP contribution in [0.2, 0.25) is 0 Å². The molecule has 0 aliphatic heterocycles. The molecule has 0 saturated heterocycles. The number of benzene rings is 1. The summed E-state index contributed by atoms with van der Waals surface area (Å²) >= 11 is 0. The van der Waals surface area contributed by atoms with Crippen molar-refractivity contribution in [2.75, 3.05) is 12.8 Å². The van der Waals surface area contributed by atoms with Crippen LogP contribution in [-0.2, 0) is 11.3 Å². The van der Waals surface area contributed by atoms with Crippen LogP contribution < -0.4 is 5.73 Å². The fraction of sp³-hybridized carbons (Fsp3) is 0.562. The van der Waals surface area contributed by atoms with Gasteiger partial charge in [-0.15, -0.1) is 0 Å². The van der Waals surface area contributed by atoms with Gasteiger partial charge in [0.1, 0.15) is 0 Å². The molecule has 0 fully saturated rings. The van der Waals surface area contributed by atoms with Gasteiger partial charge in [-0.25, -0.2) is 0 Å². The first-order valence-electron chi connectivity index (χ1n) is 7.22. The Morgan fingerprint density at radius 3 is 2.53 bits per heavy atom. The number of carbonyl (C=O) groups excluding carboxylic acids is 1. The lowest BCUT2D eigenvalue weighted by Gasteiger charge is -2.18. The number of para-hydroxylation sites is 1. The zero-order valence-electron chi connectivity index (χ0n) is 12.2. The van der Waals surface area contributed by atoms with Crippen LogP contribution in [0.3, 0.4) is 0 Å². The minimum atomic E-state index is 0.208. The Labute approximate surface area is 116 Å². The summed E-state index contributed by atoms with van der Waals surface area (Å²) in [5.41, 5.74) is 7.66.